The van der Waals surface area contributed by atoms with E-state index in [1.807, 2.05) is 13.8 Å². The molecule has 0 unspecified atom stereocenters. The normalized spacial score (nSPS) is 12.3. The van der Waals surface area contributed by atoms with Crippen LogP contribution < -0.4 is 5.84 Å². The second-order valence-corrected chi connectivity index (χ2v) is 5.93. The van der Waals surface area contributed by atoms with Crippen molar-refractivity contribution in [3.8, 4) is 11.5 Å². The first kappa shape index (κ1) is 16.3. The molecule has 2 aromatic heterocycles. The van der Waals surface area contributed by atoms with E-state index in [-0.39, 0.29) is 5.82 Å². The second-order valence-electron chi connectivity index (χ2n) is 5.93. The molecule has 0 saturated carbocycles. The zero-order valence-corrected chi connectivity index (χ0v) is 14.5. The van der Waals surface area contributed by atoms with Gasteiger partial charge in [-0.05, 0) is 50.5 Å². The Kier molecular flexibility index (Phi) is 4.18. The van der Waals surface area contributed by atoms with Crippen molar-refractivity contribution >= 4 is 16.5 Å². The van der Waals surface area contributed by atoms with Crippen molar-refractivity contribution in [2.75, 3.05) is 5.84 Å². The zero-order chi connectivity index (χ0) is 17.4. The van der Waals surface area contributed by atoms with E-state index in [4.69, 9.17) is 10.3 Å². The van der Waals surface area contributed by atoms with Gasteiger partial charge in [-0.25, -0.2) is 14.1 Å². The van der Waals surface area contributed by atoms with E-state index in [1.165, 1.54) is 12.1 Å². The number of rotatable bonds is 4. The van der Waals surface area contributed by atoms with E-state index in [2.05, 4.69) is 24.9 Å². The van der Waals surface area contributed by atoms with Crippen molar-refractivity contribution in [1.82, 2.24) is 9.66 Å². The predicted molar refractivity (Wildman–Crippen MR) is 95.6 cm³/mol. The first-order valence-electron chi connectivity index (χ1n) is 8.20. The minimum atomic E-state index is -0.282. The first-order valence-corrected chi connectivity index (χ1v) is 8.20. The number of hydrogen-bond donors (Lipinski definition) is 1. The molecule has 0 aliphatic rings. The molecule has 5 heteroatoms. The van der Waals surface area contributed by atoms with Gasteiger partial charge >= 0.3 is 0 Å². The van der Waals surface area contributed by atoms with Gasteiger partial charge < -0.3 is 10.3 Å². The lowest BCUT2D eigenvalue weighted by atomic mass is 10.1. The Hall–Kier alpha value is -2.56. The summed E-state index contributed by atoms with van der Waals surface area (Å²) in [5.74, 6) is 7.45. The number of imidazole rings is 1. The molecule has 0 spiro atoms. The number of nitrogens with zero attached hydrogens (tertiary/aromatic N) is 2. The van der Waals surface area contributed by atoms with Crippen molar-refractivity contribution in [1.29, 1.82) is 0 Å². The topological polar surface area (TPSA) is 57.0 Å². The molecular formula is C19H22FN3O. The third-order valence-electron chi connectivity index (χ3n) is 4.32. The Balaban J connectivity index is 2.22. The van der Waals surface area contributed by atoms with Crippen LogP contribution in [0.5, 0.6) is 0 Å². The average molecular weight is 327 g/mol. The third kappa shape index (κ3) is 2.50. The van der Waals surface area contributed by atoms with Crippen LogP contribution in [0.3, 0.4) is 0 Å². The summed E-state index contributed by atoms with van der Waals surface area (Å²) in [7, 11) is 0. The Morgan fingerprint density at radius 3 is 2.75 bits per heavy atom. The summed E-state index contributed by atoms with van der Waals surface area (Å²) in [6.45, 7) is 8.00. The predicted octanol–water partition coefficient (Wildman–Crippen LogP) is 4.97. The number of allylic oxidation sites excluding steroid dienone is 2. The SMILES string of the molecule is CC/C=C(/CC)c1nc(C)c(-c2oc3ccc(F)cc3c2C)n1N. The highest BCUT2D eigenvalue weighted by Gasteiger charge is 2.22. The van der Waals surface area contributed by atoms with Crippen molar-refractivity contribution in [2.45, 2.75) is 40.5 Å². The maximum absolute atomic E-state index is 13.5. The molecule has 2 heterocycles. The molecule has 4 nitrogen and oxygen atoms in total. The summed E-state index contributed by atoms with van der Waals surface area (Å²) >= 11 is 0. The molecule has 3 rings (SSSR count). The van der Waals surface area contributed by atoms with Gasteiger partial charge in [0.2, 0.25) is 0 Å². The van der Waals surface area contributed by atoms with Crippen LogP contribution in [0.25, 0.3) is 28.0 Å². The van der Waals surface area contributed by atoms with Crippen molar-refractivity contribution in [3.05, 3.63) is 47.2 Å². The highest BCUT2D eigenvalue weighted by atomic mass is 19.1. The summed E-state index contributed by atoms with van der Waals surface area (Å²) in [6.07, 6.45) is 3.91. The zero-order valence-electron chi connectivity index (χ0n) is 14.5. The maximum atomic E-state index is 13.5. The van der Waals surface area contributed by atoms with Crippen LogP contribution in [0.15, 0.2) is 28.7 Å². The lowest BCUT2D eigenvalue weighted by Crippen LogP contribution is -2.14. The molecular weight excluding hydrogens is 305 g/mol. The van der Waals surface area contributed by atoms with Gasteiger partial charge in [-0.2, -0.15) is 0 Å². The molecule has 0 atom stereocenters. The molecule has 1 aromatic carbocycles. The molecule has 0 saturated heterocycles. The van der Waals surface area contributed by atoms with E-state index in [1.54, 1.807) is 10.7 Å². The first-order chi connectivity index (χ1) is 11.5. The largest absolute Gasteiger partial charge is 0.454 e. The number of nitrogen functional groups attached to an aromatic ring is 1. The van der Waals surface area contributed by atoms with Crippen LogP contribution in [-0.2, 0) is 0 Å². The van der Waals surface area contributed by atoms with E-state index in [0.29, 0.717) is 11.3 Å². The van der Waals surface area contributed by atoms with Crippen LogP contribution in [0.1, 0.15) is 43.8 Å². The van der Waals surface area contributed by atoms with Crippen molar-refractivity contribution in [3.63, 3.8) is 0 Å². The highest BCUT2D eigenvalue weighted by molar-refractivity contribution is 5.87. The van der Waals surface area contributed by atoms with Gasteiger partial charge in [0.25, 0.3) is 0 Å². The molecule has 0 radical (unpaired) electrons. The number of furan rings is 1. The third-order valence-corrected chi connectivity index (χ3v) is 4.32. The van der Waals surface area contributed by atoms with Crippen molar-refractivity contribution in [2.24, 2.45) is 0 Å². The monoisotopic (exact) mass is 327 g/mol. The van der Waals surface area contributed by atoms with Crippen LogP contribution in [-0.4, -0.2) is 9.66 Å². The van der Waals surface area contributed by atoms with Gasteiger partial charge in [-0.3, -0.25) is 0 Å². The number of aromatic nitrogens is 2. The Morgan fingerprint density at radius 2 is 2.08 bits per heavy atom. The standard InChI is InChI=1S/C19H22FN3O/c1-5-7-13(6-2)19-22-12(4)17(23(19)21)18-11(3)15-10-14(20)8-9-16(15)24-18/h7-10H,5-6,21H2,1-4H3/b13-7-. The van der Waals surface area contributed by atoms with Crippen LogP contribution in [0.4, 0.5) is 4.39 Å². The van der Waals surface area contributed by atoms with E-state index < -0.39 is 0 Å². The van der Waals surface area contributed by atoms with E-state index in [9.17, 15) is 4.39 Å². The fraction of sp³-hybridized carbons (Fsp3) is 0.316. The fourth-order valence-corrected chi connectivity index (χ4v) is 3.11. The number of nitrogens with two attached hydrogens (primary N) is 1. The Bertz CT molecular complexity index is 934. The molecule has 0 amide bonds. The number of hydrogen-bond acceptors (Lipinski definition) is 3. The Morgan fingerprint density at radius 1 is 1.33 bits per heavy atom. The van der Waals surface area contributed by atoms with Gasteiger partial charge in [0.15, 0.2) is 11.6 Å². The average Bonchev–Trinajstić information content (AvgIpc) is 3.02. The summed E-state index contributed by atoms with van der Waals surface area (Å²) in [6, 6.07) is 4.52. The van der Waals surface area contributed by atoms with Gasteiger partial charge in [0, 0.05) is 10.9 Å². The number of benzene rings is 1. The summed E-state index contributed by atoms with van der Waals surface area (Å²) in [5.41, 5.74) is 4.14. The van der Waals surface area contributed by atoms with Gasteiger partial charge in [-0.15, -0.1) is 0 Å². The molecule has 0 fully saturated rings. The maximum Gasteiger partial charge on any atom is 0.158 e. The van der Waals surface area contributed by atoms with Gasteiger partial charge in [-0.1, -0.05) is 19.9 Å². The lowest BCUT2D eigenvalue weighted by Gasteiger charge is -2.07. The van der Waals surface area contributed by atoms with Crippen LogP contribution in [0, 0.1) is 19.7 Å². The quantitative estimate of drug-likeness (QED) is 0.688. The van der Waals surface area contributed by atoms with E-state index in [0.717, 1.165) is 46.6 Å². The molecule has 3 aromatic rings. The lowest BCUT2D eigenvalue weighted by molar-refractivity contribution is 0.614. The van der Waals surface area contributed by atoms with Gasteiger partial charge in [0.05, 0.1) is 5.69 Å². The van der Waals surface area contributed by atoms with E-state index >= 15 is 0 Å². The molecule has 24 heavy (non-hydrogen) atoms. The smallest absolute Gasteiger partial charge is 0.158 e. The Labute approximate surface area is 140 Å². The van der Waals surface area contributed by atoms with Crippen molar-refractivity contribution < 1.29 is 8.81 Å². The molecule has 0 aliphatic carbocycles. The van der Waals surface area contributed by atoms with Crippen LogP contribution in [0.2, 0.25) is 0 Å². The molecule has 126 valence electrons. The summed E-state index contributed by atoms with van der Waals surface area (Å²) in [4.78, 5) is 4.64. The number of halogens is 1. The second kappa shape index (κ2) is 6.15. The minimum absolute atomic E-state index is 0.282. The summed E-state index contributed by atoms with van der Waals surface area (Å²) in [5, 5.41) is 0.756. The van der Waals surface area contributed by atoms with Gasteiger partial charge in [0.1, 0.15) is 17.1 Å². The molecule has 0 aliphatic heterocycles. The molecule has 0 bridgehead atoms. The number of fused-ring (bicyclic) bond motifs is 1. The fourth-order valence-electron chi connectivity index (χ4n) is 3.11. The summed E-state index contributed by atoms with van der Waals surface area (Å²) < 4.78 is 21.1. The minimum Gasteiger partial charge on any atom is -0.454 e. The number of aryl methyl sites for hydroxylation is 2. The van der Waals surface area contributed by atoms with Crippen LogP contribution >= 0.6 is 0 Å². The highest BCUT2D eigenvalue weighted by Crippen LogP contribution is 2.35. The molecule has 2 N–H and O–H groups in total.